The zero-order valence-electron chi connectivity index (χ0n) is 10.4. The van der Waals surface area contributed by atoms with Crippen molar-refractivity contribution in [1.29, 1.82) is 0 Å². The van der Waals surface area contributed by atoms with Crippen LogP contribution in [0.2, 0.25) is 5.02 Å². The highest BCUT2D eigenvalue weighted by atomic mass is 35.5. The average Bonchev–Trinajstić information content (AvgIpc) is 2.48. The van der Waals surface area contributed by atoms with E-state index >= 15 is 0 Å². The van der Waals surface area contributed by atoms with Gasteiger partial charge >= 0.3 is 0 Å². The van der Waals surface area contributed by atoms with Gasteiger partial charge in [0.05, 0.1) is 5.02 Å². The van der Waals surface area contributed by atoms with Crippen LogP contribution >= 0.6 is 11.6 Å². The second kappa shape index (κ2) is 6.36. The van der Waals surface area contributed by atoms with Gasteiger partial charge in [0.1, 0.15) is 18.2 Å². The molecule has 0 fully saturated rings. The number of nitrogens with two attached hydrogens (primary N) is 1. The van der Waals surface area contributed by atoms with Crippen LogP contribution in [0.15, 0.2) is 42.5 Å². The number of nitrogen functional groups attached to an aromatic ring is 1. The minimum Gasteiger partial charge on any atom is -0.489 e. The minimum absolute atomic E-state index is 0.00115. The van der Waals surface area contributed by atoms with Gasteiger partial charge in [0.15, 0.2) is 0 Å². The molecule has 6 heteroatoms. The van der Waals surface area contributed by atoms with Crippen molar-refractivity contribution in [2.75, 3.05) is 0 Å². The maximum Gasteiger partial charge on any atom is 0.265 e. The Bertz CT molecular complexity index is 634. The van der Waals surface area contributed by atoms with Crippen LogP contribution in [0, 0.1) is 5.82 Å². The summed E-state index contributed by atoms with van der Waals surface area (Å²) >= 11 is 5.66. The van der Waals surface area contributed by atoms with E-state index in [1.807, 2.05) is 0 Å². The van der Waals surface area contributed by atoms with Crippen LogP contribution in [0.1, 0.15) is 15.9 Å². The van der Waals surface area contributed by atoms with E-state index in [-0.39, 0.29) is 17.5 Å². The van der Waals surface area contributed by atoms with Crippen LogP contribution in [-0.2, 0) is 6.61 Å². The SMILES string of the molecule is NNC(=O)c1cccc(COc2ccc(F)c(Cl)c2)c1. The molecule has 0 saturated heterocycles. The lowest BCUT2D eigenvalue weighted by Crippen LogP contribution is -2.30. The second-order valence-corrected chi connectivity index (χ2v) is 4.45. The Kier molecular flexibility index (Phi) is 4.55. The zero-order chi connectivity index (χ0) is 14.5. The molecule has 0 bridgehead atoms. The van der Waals surface area contributed by atoms with E-state index in [1.165, 1.54) is 18.2 Å². The number of rotatable bonds is 4. The monoisotopic (exact) mass is 294 g/mol. The maximum atomic E-state index is 13.0. The number of hydrogen-bond acceptors (Lipinski definition) is 3. The Morgan fingerprint density at radius 1 is 1.30 bits per heavy atom. The summed E-state index contributed by atoms with van der Waals surface area (Å²) in [5.41, 5.74) is 3.28. The van der Waals surface area contributed by atoms with Crippen molar-refractivity contribution < 1.29 is 13.9 Å². The van der Waals surface area contributed by atoms with Crippen LogP contribution in [-0.4, -0.2) is 5.91 Å². The topological polar surface area (TPSA) is 64.3 Å². The molecule has 0 saturated carbocycles. The van der Waals surface area contributed by atoms with Gasteiger partial charge < -0.3 is 4.74 Å². The lowest BCUT2D eigenvalue weighted by Gasteiger charge is -2.08. The van der Waals surface area contributed by atoms with E-state index in [2.05, 4.69) is 5.43 Å². The first-order chi connectivity index (χ1) is 9.60. The molecular formula is C14H12ClFN2O2. The first-order valence-corrected chi connectivity index (χ1v) is 6.15. The standard InChI is InChI=1S/C14H12ClFN2O2/c15-12-7-11(4-5-13(12)16)20-8-9-2-1-3-10(6-9)14(19)18-17/h1-7H,8,17H2,(H,18,19). The quantitative estimate of drug-likeness (QED) is 0.518. The van der Waals surface area contributed by atoms with Crippen molar-refractivity contribution in [2.45, 2.75) is 6.61 Å². The van der Waals surface area contributed by atoms with E-state index < -0.39 is 5.82 Å². The normalized spacial score (nSPS) is 10.2. The smallest absolute Gasteiger partial charge is 0.265 e. The Morgan fingerprint density at radius 3 is 2.80 bits per heavy atom. The van der Waals surface area contributed by atoms with Gasteiger partial charge in [0.2, 0.25) is 0 Å². The predicted octanol–water partition coefficient (Wildman–Crippen LogP) is 2.66. The largest absolute Gasteiger partial charge is 0.489 e. The van der Waals surface area contributed by atoms with Crippen molar-refractivity contribution in [1.82, 2.24) is 5.43 Å². The summed E-state index contributed by atoms with van der Waals surface area (Å²) in [6.45, 7) is 0.230. The van der Waals surface area contributed by atoms with Crippen molar-refractivity contribution in [3.8, 4) is 5.75 Å². The van der Waals surface area contributed by atoms with E-state index in [1.54, 1.807) is 24.3 Å². The highest BCUT2D eigenvalue weighted by Crippen LogP contribution is 2.22. The van der Waals surface area contributed by atoms with Gasteiger partial charge in [-0.1, -0.05) is 23.7 Å². The third kappa shape index (κ3) is 3.46. The Hall–Kier alpha value is -2.11. The van der Waals surface area contributed by atoms with Gasteiger partial charge in [-0.3, -0.25) is 10.2 Å². The van der Waals surface area contributed by atoms with E-state index in [0.717, 1.165) is 5.56 Å². The number of carbonyl (C=O) groups is 1. The van der Waals surface area contributed by atoms with Gasteiger partial charge in [0, 0.05) is 11.6 Å². The molecule has 0 unspecified atom stereocenters. The molecule has 20 heavy (non-hydrogen) atoms. The van der Waals surface area contributed by atoms with E-state index in [9.17, 15) is 9.18 Å². The van der Waals surface area contributed by atoms with E-state index in [0.29, 0.717) is 11.3 Å². The first kappa shape index (κ1) is 14.3. The summed E-state index contributed by atoms with van der Waals surface area (Å²) in [4.78, 5) is 11.4. The number of amides is 1. The second-order valence-electron chi connectivity index (χ2n) is 4.04. The molecule has 3 N–H and O–H groups in total. The summed E-state index contributed by atoms with van der Waals surface area (Å²) in [6, 6.07) is 10.9. The van der Waals surface area contributed by atoms with Crippen molar-refractivity contribution in [2.24, 2.45) is 5.84 Å². The fraction of sp³-hybridized carbons (Fsp3) is 0.0714. The fourth-order valence-electron chi connectivity index (χ4n) is 1.62. The Morgan fingerprint density at radius 2 is 2.10 bits per heavy atom. The number of carbonyl (C=O) groups excluding carboxylic acids is 1. The third-order valence-electron chi connectivity index (χ3n) is 2.62. The number of benzene rings is 2. The third-order valence-corrected chi connectivity index (χ3v) is 2.91. The molecule has 2 rings (SSSR count). The molecule has 0 aliphatic heterocycles. The van der Waals surface area contributed by atoms with Crippen LogP contribution in [0.4, 0.5) is 4.39 Å². The molecule has 0 atom stereocenters. The molecule has 0 heterocycles. The van der Waals surface area contributed by atoms with Gasteiger partial charge in [-0.05, 0) is 29.8 Å². The van der Waals surface area contributed by atoms with Gasteiger partial charge in [-0.2, -0.15) is 0 Å². The summed E-state index contributed by atoms with van der Waals surface area (Å²) in [6.07, 6.45) is 0. The van der Waals surface area contributed by atoms with Crippen LogP contribution in [0.5, 0.6) is 5.75 Å². The van der Waals surface area contributed by atoms with Gasteiger partial charge in [0.25, 0.3) is 5.91 Å². The molecule has 0 radical (unpaired) electrons. The summed E-state index contributed by atoms with van der Waals surface area (Å²) in [5, 5.41) is -0.00115. The highest BCUT2D eigenvalue weighted by molar-refractivity contribution is 6.30. The number of nitrogens with one attached hydrogen (secondary N) is 1. The molecule has 2 aromatic carbocycles. The van der Waals surface area contributed by atoms with Crippen LogP contribution < -0.4 is 16.0 Å². The fourth-order valence-corrected chi connectivity index (χ4v) is 1.79. The Balaban J connectivity index is 2.07. The van der Waals surface area contributed by atoms with E-state index in [4.69, 9.17) is 22.2 Å². The molecule has 0 aromatic heterocycles. The van der Waals surface area contributed by atoms with Crippen molar-refractivity contribution in [3.63, 3.8) is 0 Å². The predicted molar refractivity (Wildman–Crippen MR) is 73.8 cm³/mol. The summed E-state index contributed by atoms with van der Waals surface area (Å²) in [5.74, 6) is 4.64. The minimum atomic E-state index is -0.499. The maximum absolute atomic E-state index is 13.0. The zero-order valence-corrected chi connectivity index (χ0v) is 11.2. The average molecular weight is 295 g/mol. The number of halogens is 2. The van der Waals surface area contributed by atoms with Gasteiger partial charge in [-0.15, -0.1) is 0 Å². The Labute approximate surface area is 120 Å². The molecule has 2 aromatic rings. The number of hydrogen-bond donors (Lipinski definition) is 2. The molecule has 0 spiro atoms. The highest BCUT2D eigenvalue weighted by Gasteiger charge is 2.05. The lowest BCUT2D eigenvalue weighted by atomic mass is 10.1. The van der Waals surface area contributed by atoms with Gasteiger partial charge in [-0.25, -0.2) is 10.2 Å². The molecular weight excluding hydrogens is 283 g/mol. The summed E-state index contributed by atoms with van der Waals surface area (Å²) < 4.78 is 18.5. The molecule has 4 nitrogen and oxygen atoms in total. The van der Waals surface area contributed by atoms with Crippen molar-refractivity contribution in [3.05, 3.63) is 64.4 Å². The lowest BCUT2D eigenvalue weighted by molar-refractivity contribution is 0.0953. The molecule has 0 aliphatic carbocycles. The first-order valence-electron chi connectivity index (χ1n) is 5.78. The molecule has 1 amide bonds. The number of ether oxygens (including phenoxy) is 1. The summed E-state index contributed by atoms with van der Waals surface area (Å²) in [7, 11) is 0. The number of hydrazine groups is 1. The van der Waals surface area contributed by atoms with Crippen LogP contribution in [0.3, 0.4) is 0 Å². The molecule has 104 valence electrons. The molecule has 0 aliphatic rings. The van der Waals surface area contributed by atoms with Crippen LogP contribution in [0.25, 0.3) is 0 Å². The van der Waals surface area contributed by atoms with Crippen molar-refractivity contribution >= 4 is 17.5 Å².